The molecule has 0 spiro atoms. The van der Waals surface area contributed by atoms with E-state index in [4.69, 9.17) is 11.1 Å². The van der Waals surface area contributed by atoms with Crippen LogP contribution >= 0.6 is 0 Å². The molecule has 6 heterocycles. The van der Waals surface area contributed by atoms with Crippen LogP contribution in [-0.2, 0) is 48.8 Å². The van der Waals surface area contributed by atoms with Crippen molar-refractivity contribution in [1.82, 2.24) is 29.9 Å². The van der Waals surface area contributed by atoms with Crippen LogP contribution in [0.15, 0.2) is 72.8 Å². The van der Waals surface area contributed by atoms with Crippen LogP contribution in [-0.4, -0.2) is 105 Å². The number of amides is 4. The van der Waals surface area contributed by atoms with Gasteiger partial charge in [-0.3, -0.25) is 34.4 Å². The van der Waals surface area contributed by atoms with Crippen molar-refractivity contribution in [1.29, 1.82) is 5.41 Å². The lowest BCUT2D eigenvalue weighted by Gasteiger charge is -2.33. The van der Waals surface area contributed by atoms with Gasteiger partial charge in [0.2, 0.25) is 23.6 Å². The van der Waals surface area contributed by atoms with E-state index in [1.165, 1.54) is 0 Å². The standard InChI is InChI=1S/C40H54N10O6S/c1-3-4-5-27(2)47-57(55,56)48-35-23-29-10-16-33(17-11-29)45-37(52)26-50-20-18-49(19-21-50)25-36(51)44-32-14-8-28(9-15-32)22-34(46-40(35)54)39(53)43-24-30-6-12-31(13-7-30)38(41)42/h6-17,27,34-35,47-48H,3-5,18-26H2,1-2H3,(H3,41,42)(H,43,53)(H,44,51)(H,45,52)(H,46,54)/t27?,34-,35+/m0/s1. The van der Waals surface area contributed by atoms with Crippen molar-refractivity contribution in [3.05, 3.63) is 95.1 Å². The number of nitrogens with one attached hydrogen (secondary N) is 7. The van der Waals surface area contributed by atoms with Crippen molar-refractivity contribution < 1.29 is 27.6 Å². The second-order valence-electron chi connectivity index (χ2n) is 14.7. The van der Waals surface area contributed by atoms with Crippen LogP contribution in [0.2, 0.25) is 0 Å². The highest BCUT2D eigenvalue weighted by Gasteiger charge is 2.30. The smallest absolute Gasteiger partial charge is 0.277 e. The number of piperazine rings is 1. The topological polar surface area (TPSA) is 231 Å². The summed E-state index contributed by atoms with van der Waals surface area (Å²) in [6.07, 6.45) is 2.32. The van der Waals surface area contributed by atoms with Crippen molar-refractivity contribution in [3.63, 3.8) is 0 Å². The average Bonchev–Trinajstić information content (AvgIpc) is 3.17. The largest absolute Gasteiger partial charge is 0.384 e. The zero-order valence-electron chi connectivity index (χ0n) is 32.5. The predicted molar refractivity (Wildman–Crippen MR) is 220 cm³/mol. The molecular formula is C40H54N10O6S. The van der Waals surface area contributed by atoms with Crippen molar-refractivity contribution in [2.75, 3.05) is 49.9 Å². The van der Waals surface area contributed by atoms with Gasteiger partial charge in [0.1, 0.15) is 17.9 Å². The molecule has 6 aliphatic rings. The first kappa shape index (κ1) is 42.9. The van der Waals surface area contributed by atoms with Crippen LogP contribution in [0.3, 0.4) is 0 Å². The second kappa shape index (κ2) is 20.3. The molecule has 9 rings (SSSR count). The minimum atomic E-state index is -4.18. The fraction of sp³-hybridized carbons (Fsp3) is 0.425. The number of nitrogen functional groups attached to an aromatic ring is 1. The fourth-order valence-electron chi connectivity index (χ4n) is 6.67. The number of benzene rings is 3. The van der Waals surface area contributed by atoms with Gasteiger partial charge in [-0.25, -0.2) is 0 Å². The molecule has 1 fully saturated rings. The van der Waals surface area contributed by atoms with Crippen LogP contribution < -0.4 is 36.4 Å². The SMILES string of the molecule is CCCCC(C)NS(=O)(=O)N[C@@H]1Cc2ccc(cc2)NC(=O)CN2CCN(CC2)CC(=O)Nc2ccc(cc2)C[C@@H](C(=O)NCc2ccc(C(=N)N)cc2)NC1=O. The number of amidine groups is 1. The van der Waals surface area contributed by atoms with Crippen molar-refractivity contribution in [2.45, 2.75) is 70.6 Å². The zero-order valence-corrected chi connectivity index (χ0v) is 33.3. The minimum Gasteiger partial charge on any atom is -0.384 e. The summed E-state index contributed by atoms with van der Waals surface area (Å²) in [4.78, 5) is 57.9. The molecule has 17 heteroatoms. The monoisotopic (exact) mass is 802 g/mol. The van der Waals surface area contributed by atoms with Crippen molar-refractivity contribution in [3.8, 4) is 0 Å². The average molecular weight is 803 g/mol. The Balaban J connectivity index is 1.42. The van der Waals surface area contributed by atoms with Gasteiger partial charge >= 0.3 is 0 Å². The molecule has 1 unspecified atom stereocenters. The third-order valence-corrected chi connectivity index (χ3v) is 11.2. The van der Waals surface area contributed by atoms with Crippen molar-refractivity contribution >= 4 is 51.0 Å². The lowest BCUT2D eigenvalue weighted by atomic mass is 10.0. The van der Waals surface area contributed by atoms with E-state index in [0.717, 1.165) is 18.4 Å². The van der Waals surface area contributed by atoms with Gasteiger partial charge in [-0.2, -0.15) is 17.9 Å². The van der Waals surface area contributed by atoms with Gasteiger partial charge in [0.05, 0.1) is 13.1 Å². The number of hydrogen-bond donors (Lipinski definition) is 8. The van der Waals surface area contributed by atoms with Gasteiger partial charge in [0.15, 0.2) is 0 Å². The summed E-state index contributed by atoms with van der Waals surface area (Å²) >= 11 is 0. The number of nitrogens with two attached hydrogens (primary N) is 1. The van der Waals surface area contributed by atoms with Gasteiger partial charge in [0.25, 0.3) is 10.2 Å². The molecule has 3 aromatic carbocycles. The van der Waals surface area contributed by atoms with Crippen LogP contribution in [0.25, 0.3) is 0 Å². The van der Waals surface area contributed by atoms with Gasteiger partial charge in [-0.05, 0) is 60.7 Å². The number of fused-ring (bicyclic) bond motifs is 1. The Morgan fingerprint density at radius 2 is 1.37 bits per heavy atom. The molecule has 0 aromatic heterocycles. The quantitative estimate of drug-likeness (QED) is 0.103. The molecule has 57 heavy (non-hydrogen) atoms. The summed E-state index contributed by atoms with van der Waals surface area (Å²) in [6.45, 7) is 6.77. The lowest BCUT2D eigenvalue weighted by molar-refractivity contribution is -0.129. The Labute approximate surface area is 334 Å². The molecule has 3 atom stereocenters. The van der Waals surface area contributed by atoms with Crippen LogP contribution in [0.1, 0.15) is 55.4 Å². The van der Waals surface area contributed by atoms with E-state index in [-0.39, 0.29) is 56.2 Å². The minimum absolute atomic E-state index is 0.0551. The van der Waals surface area contributed by atoms with Gasteiger partial charge in [0, 0.05) is 62.1 Å². The van der Waals surface area contributed by atoms with Crippen LogP contribution in [0.5, 0.6) is 0 Å². The molecule has 3 aromatic rings. The van der Waals surface area contributed by atoms with Gasteiger partial charge < -0.3 is 27.0 Å². The number of unbranched alkanes of at least 4 members (excludes halogenated alkanes) is 1. The maximum Gasteiger partial charge on any atom is 0.277 e. The van der Waals surface area contributed by atoms with Gasteiger partial charge in [-0.1, -0.05) is 68.3 Å². The van der Waals surface area contributed by atoms with Gasteiger partial charge in [-0.15, -0.1) is 0 Å². The van der Waals surface area contributed by atoms with E-state index in [0.29, 0.717) is 60.7 Å². The summed E-state index contributed by atoms with van der Waals surface area (Å²) in [5.41, 5.74) is 9.27. The number of rotatable bonds is 11. The number of anilines is 2. The van der Waals surface area contributed by atoms with E-state index in [9.17, 15) is 27.6 Å². The molecule has 4 amide bonds. The lowest BCUT2D eigenvalue weighted by Crippen LogP contribution is -2.56. The van der Waals surface area contributed by atoms with Crippen molar-refractivity contribution in [2.24, 2.45) is 5.73 Å². The summed E-state index contributed by atoms with van der Waals surface area (Å²) < 4.78 is 31.9. The molecule has 0 saturated carbocycles. The Bertz CT molecular complexity index is 1970. The summed E-state index contributed by atoms with van der Waals surface area (Å²) in [5, 5.41) is 19.1. The Kier molecular flexibility index (Phi) is 15.3. The first-order chi connectivity index (χ1) is 27.2. The number of nitrogens with zero attached hydrogens (tertiary/aromatic N) is 2. The number of hydrogen-bond acceptors (Lipinski definition) is 9. The Hall–Kier alpha value is -5.20. The summed E-state index contributed by atoms with van der Waals surface area (Å²) in [6, 6.07) is 17.8. The first-order valence-electron chi connectivity index (χ1n) is 19.3. The number of carbonyl (C=O) groups excluding carboxylic acids is 4. The summed E-state index contributed by atoms with van der Waals surface area (Å²) in [7, 11) is -4.18. The first-order valence-corrected chi connectivity index (χ1v) is 20.8. The molecule has 0 aliphatic carbocycles. The molecular weight excluding hydrogens is 749 g/mol. The maximum atomic E-state index is 14.2. The third-order valence-electron chi connectivity index (χ3n) is 9.88. The number of carbonyl (C=O) groups is 4. The van der Waals surface area contributed by atoms with E-state index < -0.39 is 34.1 Å². The molecule has 6 bridgehead atoms. The van der Waals surface area contributed by atoms with Crippen LogP contribution in [0, 0.1) is 5.41 Å². The third kappa shape index (κ3) is 13.7. The normalized spacial score (nSPS) is 21.5. The highest BCUT2D eigenvalue weighted by atomic mass is 32.2. The van der Waals surface area contributed by atoms with E-state index in [1.54, 1.807) is 79.7 Å². The maximum absolute atomic E-state index is 14.2. The molecule has 16 nitrogen and oxygen atoms in total. The van der Waals surface area contributed by atoms with E-state index in [1.807, 2.05) is 16.7 Å². The highest BCUT2D eigenvalue weighted by molar-refractivity contribution is 7.87. The molecule has 6 aliphatic heterocycles. The predicted octanol–water partition coefficient (Wildman–Crippen LogP) is 1.44. The molecule has 1 saturated heterocycles. The van der Waals surface area contributed by atoms with Crippen LogP contribution in [0.4, 0.5) is 11.4 Å². The Morgan fingerprint density at radius 3 is 1.88 bits per heavy atom. The molecule has 306 valence electrons. The summed E-state index contributed by atoms with van der Waals surface area (Å²) in [5.74, 6) is -1.69. The molecule has 9 N–H and O–H groups in total. The molecule has 0 radical (unpaired) electrons. The zero-order chi connectivity index (χ0) is 41.0. The second-order valence-corrected chi connectivity index (χ2v) is 16.2. The van der Waals surface area contributed by atoms with E-state index in [2.05, 4.69) is 30.7 Å². The highest BCUT2D eigenvalue weighted by Crippen LogP contribution is 2.16. The Morgan fingerprint density at radius 1 is 0.842 bits per heavy atom. The fourth-order valence-corrected chi connectivity index (χ4v) is 7.95. The van der Waals surface area contributed by atoms with E-state index >= 15 is 0 Å².